The smallest absolute Gasteiger partial charge is 0.405 e. The molecule has 31 heavy (non-hydrogen) atoms. The monoisotopic (exact) mass is 415 g/mol. The molecule has 3 aromatic rings. The minimum absolute atomic E-state index is 0.269. The molecule has 2 amide bonds. The van der Waals surface area contributed by atoms with Crippen molar-refractivity contribution in [1.29, 1.82) is 0 Å². The summed E-state index contributed by atoms with van der Waals surface area (Å²) in [5.74, 6) is -0.369. The Labute approximate surface area is 181 Å². The van der Waals surface area contributed by atoms with Gasteiger partial charge in [0, 0.05) is 18.8 Å². The van der Waals surface area contributed by atoms with Crippen molar-refractivity contribution in [3.05, 3.63) is 108 Å². The van der Waals surface area contributed by atoms with Gasteiger partial charge in [0.15, 0.2) is 0 Å². The van der Waals surface area contributed by atoms with Crippen LogP contribution in [-0.4, -0.2) is 34.2 Å². The van der Waals surface area contributed by atoms with Crippen molar-refractivity contribution in [2.75, 3.05) is 0 Å². The number of nitrogens with one attached hydrogen (secondary N) is 2. The van der Waals surface area contributed by atoms with Gasteiger partial charge in [-0.1, -0.05) is 72.8 Å². The van der Waals surface area contributed by atoms with Gasteiger partial charge >= 0.3 is 6.09 Å². The van der Waals surface area contributed by atoms with E-state index in [0.717, 1.165) is 16.7 Å². The number of amides is 2. The Hall–Kier alpha value is -3.93. The second kappa shape index (κ2) is 11.3. The summed E-state index contributed by atoms with van der Waals surface area (Å²) < 4.78 is 0. The van der Waals surface area contributed by atoms with Crippen LogP contribution in [0.15, 0.2) is 91.3 Å². The van der Waals surface area contributed by atoms with Crippen LogP contribution in [0.4, 0.5) is 4.79 Å². The highest BCUT2D eigenvalue weighted by Gasteiger charge is 2.23. The quantitative estimate of drug-likeness (QED) is 0.497. The SMILES string of the molecule is O=C(O)NC(Cc1ccccc1)C(=O)NC(/C=C/c1ccncc1)Cc1ccccc1. The van der Waals surface area contributed by atoms with Gasteiger partial charge in [-0.05, 0) is 35.2 Å². The second-order valence-electron chi connectivity index (χ2n) is 7.14. The van der Waals surface area contributed by atoms with Gasteiger partial charge in [-0.15, -0.1) is 0 Å². The number of benzene rings is 2. The van der Waals surface area contributed by atoms with E-state index >= 15 is 0 Å². The van der Waals surface area contributed by atoms with E-state index in [1.54, 1.807) is 12.4 Å². The summed E-state index contributed by atoms with van der Waals surface area (Å²) in [6, 6.07) is 21.7. The largest absolute Gasteiger partial charge is 0.465 e. The third-order valence-corrected chi connectivity index (χ3v) is 4.75. The van der Waals surface area contributed by atoms with Crippen molar-refractivity contribution < 1.29 is 14.7 Å². The molecule has 158 valence electrons. The molecule has 1 heterocycles. The van der Waals surface area contributed by atoms with Crippen LogP contribution < -0.4 is 10.6 Å². The van der Waals surface area contributed by atoms with Crippen molar-refractivity contribution >= 4 is 18.1 Å². The maximum Gasteiger partial charge on any atom is 0.405 e. The van der Waals surface area contributed by atoms with E-state index in [-0.39, 0.29) is 18.4 Å². The Morgan fingerprint density at radius 1 is 0.839 bits per heavy atom. The first kappa shape index (κ1) is 21.8. The van der Waals surface area contributed by atoms with Crippen molar-refractivity contribution in [3.63, 3.8) is 0 Å². The van der Waals surface area contributed by atoms with Crippen molar-refractivity contribution in [3.8, 4) is 0 Å². The number of pyridine rings is 1. The Morgan fingerprint density at radius 2 is 1.42 bits per heavy atom. The van der Waals surface area contributed by atoms with Crippen LogP contribution in [0.3, 0.4) is 0 Å². The summed E-state index contributed by atoms with van der Waals surface area (Å²) in [4.78, 5) is 28.3. The lowest BCUT2D eigenvalue weighted by atomic mass is 10.0. The molecule has 0 fully saturated rings. The minimum atomic E-state index is -1.23. The molecule has 0 spiro atoms. The first-order valence-electron chi connectivity index (χ1n) is 10.1. The lowest BCUT2D eigenvalue weighted by Crippen LogP contribution is -2.50. The Morgan fingerprint density at radius 3 is 2.00 bits per heavy atom. The fourth-order valence-corrected chi connectivity index (χ4v) is 3.23. The molecule has 0 saturated heterocycles. The summed E-state index contributed by atoms with van der Waals surface area (Å²) in [5, 5.41) is 14.6. The van der Waals surface area contributed by atoms with Crippen LogP contribution in [0.5, 0.6) is 0 Å². The number of carbonyl (C=O) groups is 2. The van der Waals surface area contributed by atoms with Crippen LogP contribution in [0.1, 0.15) is 16.7 Å². The first-order chi connectivity index (χ1) is 15.1. The summed E-state index contributed by atoms with van der Waals surface area (Å²) in [7, 11) is 0. The highest BCUT2D eigenvalue weighted by atomic mass is 16.4. The van der Waals surface area contributed by atoms with Gasteiger partial charge in [0.1, 0.15) is 6.04 Å². The van der Waals surface area contributed by atoms with E-state index < -0.39 is 12.1 Å². The lowest BCUT2D eigenvalue weighted by molar-refractivity contribution is -0.123. The fraction of sp³-hybridized carbons (Fsp3) is 0.160. The molecular weight excluding hydrogens is 390 g/mol. The zero-order valence-electron chi connectivity index (χ0n) is 17.0. The van der Waals surface area contributed by atoms with Gasteiger partial charge in [0.25, 0.3) is 0 Å². The highest BCUT2D eigenvalue weighted by Crippen LogP contribution is 2.09. The van der Waals surface area contributed by atoms with Crippen molar-refractivity contribution in [1.82, 2.24) is 15.6 Å². The number of hydrogen-bond acceptors (Lipinski definition) is 3. The van der Waals surface area contributed by atoms with Crippen LogP contribution in [-0.2, 0) is 17.6 Å². The number of rotatable bonds is 9. The second-order valence-corrected chi connectivity index (χ2v) is 7.14. The summed E-state index contributed by atoms with van der Waals surface area (Å²) in [6.07, 6.45) is 6.87. The summed E-state index contributed by atoms with van der Waals surface area (Å²) in [5.41, 5.74) is 2.91. The van der Waals surface area contributed by atoms with Crippen LogP contribution >= 0.6 is 0 Å². The molecule has 2 aromatic carbocycles. The highest BCUT2D eigenvalue weighted by molar-refractivity contribution is 5.86. The van der Waals surface area contributed by atoms with Crippen LogP contribution in [0, 0.1) is 0 Å². The van der Waals surface area contributed by atoms with Crippen LogP contribution in [0.25, 0.3) is 6.08 Å². The molecule has 3 rings (SSSR count). The molecule has 0 aliphatic rings. The number of nitrogens with zero attached hydrogens (tertiary/aromatic N) is 1. The molecule has 0 radical (unpaired) electrons. The van der Waals surface area contributed by atoms with Gasteiger partial charge < -0.3 is 15.7 Å². The van der Waals surface area contributed by atoms with E-state index in [2.05, 4.69) is 15.6 Å². The average molecular weight is 415 g/mol. The van der Waals surface area contributed by atoms with Gasteiger partial charge in [-0.3, -0.25) is 9.78 Å². The van der Waals surface area contributed by atoms with Gasteiger partial charge in [-0.2, -0.15) is 0 Å². The van der Waals surface area contributed by atoms with Gasteiger partial charge in [0.05, 0.1) is 6.04 Å². The van der Waals surface area contributed by atoms with E-state index in [0.29, 0.717) is 6.42 Å². The van der Waals surface area contributed by atoms with E-state index in [1.807, 2.05) is 84.9 Å². The first-order valence-corrected chi connectivity index (χ1v) is 10.1. The molecule has 1 aromatic heterocycles. The fourth-order valence-electron chi connectivity index (χ4n) is 3.23. The Kier molecular flexibility index (Phi) is 7.94. The van der Waals surface area contributed by atoms with E-state index in [4.69, 9.17) is 0 Å². The average Bonchev–Trinajstić information content (AvgIpc) is 2.79. The van der Waals surface area contributed by atoms with E-state index in [9.17, 15) is 14.7 Å². The van der Waals surface area contributed by atoms with Crippen molar-refractivity contribution in [2.24, 2.45) is 0 Å². The predicted molar refractivity (Wildman–Crippen MR) is 120 cm³/mol. The summed E-state index contributed by atoms with van der Waals surface area (Å²) in [6.45, 7) is 0. The summed E-state index contributed by atoms with van der Waals surface area (Å²) >= 11 is 0. The minimum Gasteiger partial charge on any atom is -0.465 e. The lowest BCUT2D eigenvalue weighted by Gasteiger charge is -2.21. The number of aromatic nitrogens is 1. The van der Waals surface area contributed by atoms with Crippen molar-refractivity contribution in [2.45, 2.75) is 24.9 Å². The third kappa shape index (κ3) is 7.44. The normalized spacial score (nSPS) is 12.8. The number of hydrogen-bond donors (Lipinski definition) is 3. The molecule has 2 atom stereocenters. The Bertz CT molecular complexity index is 992. The molecule has 0 saturated carbocycles. The zero-order valence-corrected chi connectivity index (χ0v) is 17.0. The molecule has 6 heteroatoms. The number of carbonyl (C=O) groups excluding carboxylic acids is 1. The molecule has 2 unspecified atom stereocenters. The number of carboxylic acid groups (broad SMARTS) is 1. The predicted octanol–water partition coefficient (Wildman–Crippen LogP) is 3.70. The zero-order chi connectivity index (χ0) is 21.9. The van der Waals surface area contributed by atoms with E-state index in [1.165, 1.54) is 0 Å². The molecule has 6 nitrogen and oxygen atoms in total. The standard InChI is InChI=1S/C25H25N3O3/c29-24(23(28-25(30)31)18-21-9-5-2-6-10-21)27-22(17-20-7-3-1-4-8-20)12-11-19-13-15-26-16-14-19/h1-16,22-23,28H,17-18H2,(H,27,29)(H,30,31)/b12-11+. The van der Waals surface area contributed by atoms with Gasteiger partial charge in [-0.25, -0.2) is 4.79 Å². The Balaban J connectivity index is 1.76. The topological polar surface area (TPSA) is 91.3 Å². The molecule has 0 bridgehead atoms. The maximum atomic E-state index is 13.0. The molecule has 3 N–H and O–H groups in total. The third-order valence-electron chi connectivity index (χ3n) is 4.75. The molecule has 0 aliphatic carbocycles. The molecular formula is C25H25N3O3. The molecule has 0 aliphatic heterocycles. The maximum absolute atomic E-state index is 13.0. The van der Waals surface area contributed by atoms with Crippen LogP contribution in [0.2, 0.25) is 0 Å². The van der Waals surface area contributed by atoms with Gasteiger partial charge in [0.2, 0.25) is 5.91 Å².